The normalized spacial score (nSPS) is 12.7. The van der Waals surface area contributed by atoms with Crippen LogP contribution in [-0.2, 0) is 6.54 Å². The van der Waals surface area contributed by atoms with Crippen molar-refractivity contribution in [3.8, 4) is 5.88 Å². The van der Waals surface area contributed by atoms with Crippen molar-refractivity contribution in [3.63, 3.8) is 0 Å². The average molecular weight is 292 g/mol. The van der Waals surface area contributed by atoms with Crippen molar-refractivity contribution in [1.82, 2.24) is 10.3 Å². The van der Waals surface area contributed by atoms with Gasteiger partial charge in [0, 0.05) is 24.3 Å². The predicted molar refractivity (Wildman–Crippen MR) is 89.8 cm³/mol. The van der Waals surface area contributed by atoms with Crippen molar-refractivity contribution in [2.24, 2.45) is 0 Å². The fourth-order valence-corrected chi connectivity index (χ4v) is 2.31. The fourth-order valence-electron chi connectivity index (χ4n) is 2.31. The van der Waals surface area contributed by atoms with E-state index in [1.54, 1.807) is 0 Å². The predicted octanol–water partition coefficient (Wildman–Crippen LogP) is 4.63. The van der Waals surface area contributed by atoms with E-state index in [1.807, 2.05) is 6.92 Å². The monoisotopic (exact) mass is 292 g/mol. The summed E-state index contributed by atoms with van der Waals surface area (Å²) < 4.78 is 5.98. The molecule has 0 aliphatic carbocycles. The van der Waals surface area contributed by atoms with Crippen LogP contribution >= 0.6 is 0 Å². The van der Waals surface area contributed by atoms with Crippen LogP contribution in [0.4, 0.5) is 0 Å². The number of pyridine rings is 1. The summed E-state index contributed by atoms with van der Waals surface area (Å²) in [4.78, 5) is 4.50. The Hall–Kier alpha value is -1.09. The van der Waals surface area contributed by atoms with Gasteiger partial charge in [-0.05, 0) is 38.3 Å². The molecular formula is C18H32N2O. The van der Waals surface area contributed by atoms with Crippen LogP contribution in [0.5, 0.6) is 5.88 Å². The number of rotatable bonds is 10. The third-order valence-electron chi connectivity index (χ3n) is 3.49. The summed E-state index contributed by atoms with van der Waals surface area (Å²) in [6.07, 6.45) is 6.48. The number of aromatic nitrogens is 1. The number of nitrogens with zero attached hydrogens (tertiary/aromatic N) is 1. The lowest BCUT2D eigenvalue weighted by atomic mass is 10.1. The first-order chi connectivity index (χ1) is 10.0. The number of aryl methyl sites for hydroxylation is 1. The number of hydrogen-bond donors (Lipinski definition) is 1. The third kappa shape index (κ3) is 8.05. The summed E-state index contributed by atoms with van der Waals surface area (Å²) in [7, 11) is 0. The third-order valence-corrected chi connectivity index (χ3v) is 3.49. The molecule has 1 atom stereocenters. The molecule has 0 aliphatic rings. The highest BCUT2D eigenvalue weighted by Gasteiger charge is 2.07. The van der Waals surface area contributed by atoms with Gasteiger partial charge >= 0.3 is 0 Å². The molecule has 0 radical (unpaired) electrons. The van der Waals surface area contributed by atoms with Gasteiger partial charge in [-0.15, -0.1) is 0 Å². The molecule has 0 fully saturated rings. The van der Waals surface area contributed by atoms with Crippen molar-refractivity contribution < 1.29 is 4.74 Å². The van der Waals surface area contributed by atoms with Crippen LogP contribution in [0.3, 0.4) is 0 Å². The lowest BCUT2D eigenvalue weighted by molar-refractivity contribution is 0.197. The highest BCUT2D eigenvalue weighted by molar-refractivity contribution is 5.24. The van der Waals surface area contributed by atoms with E-state index in [0.717, 1.165) is 24.5 Å². The SMILES string of the molecule is CCCCCCC(C)Oc1cc(CNC(C)C)cc(C)n1. The summed E-state index contributed by atoms with van der Waals surface area (Å²) in [6.45, 7) is 11.6. The van der Waals surface area contributed by atoms with Gasteiger partial charge in [-0.2, -0.15) is 0 Å². The van der Waals surface area contributed by atoms with E-state index >= 15 is 0 Å². The summed E-state index contributed by atoms with van der Waals surface area (Å²) in [5, 5.41) is 3.43. The molecule has 21 heavy (non-hydrogen) atoms. The van der Waals surface area contributed by atoms with Gasteiger partial charge in [0.25, 0.3) is 0 Å². The van der Waals surface area contributed by atoms with Gasteiger partial charge in [0.1, 0.15) is 0 Å². The molecule has 0 spiro atoms. The molecule has 3 heteroatoms. The maximum absolute atomic E-state index is 5.98. The van der Waals surface area contributed by atoms with E-state index in [0.29, 0.717) is 6.04 Å². The minimum atomic E-state index is 0.238. The maximum Gasteiger partial charge on any atom is 0.214 e. The Kier molecular flexibility index (Phi) is 8.36. The zero-order chi connectivity index (χ0) is 15.7. The van der Waals surface area contributed by atoms with Gasteiger partial charge in [-0.1, -0.05) is 40.0 Å². The van der Waals surface area contributed by atoms with Crippen molar-refractivity contribution in [2.45, 2.75) is 85.4 Å². The first kappa shape index (κ1) is 18.0. The van der Waals surface area contributed by atoms with E-state index in [9.17, 15) is 0 Å². The second kappa shape index (κ2) is 9.78. The van der Waals surface area contributed by atoms with Gasteiger partial charge in [0.05, 0.1) is 6.10 Å². The zero-order valence-corrected chi connectivity index (χ0v) is 14.4. The van der Waals surface area contributed by atoms with Gasteiger partial charge in [0.15, 0.2) is 0 Å². The molecule has 1 N–H and O–H groups in total. The molecule has 0 aromatic carbocycles. The quantitative estimate of drug-likeness (QED) is 0.639. The summed E-state index contributed by atoms with van der Waals surface area (Å²) in [6, 6.07) is 4.67. The summed E-state index contributed by atoms with van der Waals surface area (Å²) >= 11 is 0. The first-order valence-electron chi connectivity index (χ1n) is 8.38. The van der Waals surface area contributed by atoms with Crippen molar-refractivity contribution in [3.05, 3.63) is 23.4 Å². The smallest absolute Gasteiger partial charge is 0.214 e. The first-order valence-corrected chi connectivity index (χ1v) is 8.38. The molecule has 0 amide bonds. The van der Waals surface area contributed by atoms with E-state index in [2.05, 4.69) is 50.1 Å². The molecule has 1 rings (SSSR count). The standard InChI is InChI=1S/C18H32N2O/c1-6-7-8-9-10-16(5)21-18-12-17(11-15(4)20-18)13-19-14(2)3/h11-12,14,16,19H,6-10,13H2,1-5H3. The van der Waals surface area contributed by atoms with Gasteiger partial charge in [0.2, 0.25) is 5.88 Å². The Morgan fingerprint density at radius 2 is 1.90 bits per heavy atom. The van der Waals surface area contributed by atoms with Crippen LogP contribution in [0.15, 0.2) is 12.1 Å². The molecule has 0 aliphatic heterocycles. The lowest BCUT2D eigenvalue weighted by Gasteiger charge is -2.16. The molecule has 1 unspecified atom stereocenters. The molecular weight excluding hydrogens is 260 g/mol. The molecule has 0 saturated carbocycles. The lowest BCUT2D eigenvalue weighted by Crippen LogP contribution is -2.22. The fraction of sp³-hybridized carbons (Fsp3) is 0.722. The molecule has 1 aromatic heterocycles. The zero-order valence-electron chi connectivity index (χ0n) is 14.4. The molecule has 1 heterocycles. The number of unbranched alkanes of at least 4 members (excludes halogenated alkanes) is 3. The highest BCUT2D eigenvalue weighted by atomic mass is 16.5. The van der Waals surface area contributed by atoms with Crippen LogP contribution in [0, 0.1) is 6.92 Å². The van der Waals surface area contributed by atoms with Crippen molar-refractivity contribution in [1.29, 1.82) is 0 Å². The second-order valence-electron chi connectivity index (χ2n) is 6.27. The van der Waals surface area contributed by atoms with Crippen LogP contribution in [-0.4, -0.2) is 17.1 Å². The Balaban J connectivity index is 2.49. The Labute approximate surface area is 130 Å². The molecule has 0 bridgehead atoms. The Morgan fingerprint density at radius 3 is 2.57 bits per heavy atom. The minimum Gasteiger partial charge on any atom is -0.475 e. The van der Waals surface area contributed by atoms with Crippen LogP contribution in [0.25, 0.3) is 0 Å². The van der Waals surface area contributed by atoms with E-state index < -0.39 is 0 Å². The largest absolute Gasteiger partial charge is 0.475 e. The van der Waals surface area contributed by atoms with Crippen LogP contribution < -0.4 is 10.1 Å². The van der Waals surface area contributed by atoms with E-state index in [4.69, 9.17) is 4.74 Å². The highest BCUT2D eigenvalue weighted by Crippen LogP contribution is 2.16. The molecule has 120 valence electrons. The van der Waals surface area contributed by atoms with E-state index in [1.165, 1.54) is 31.2 Å². The van der Waals surface area contributed by atoms with Crippen LogP contribution in [0.2, 0.25) is 0 Å². The van der Waals surface area contributed by atoms with E-state index in [-0.39, 0.29) is 6.10 Å². The summed E-state index contributed by atoms with van der Waals surface area (Å²) in [5.74, 6) is 0.763. The maximum atomic E-state index is 5.98. The summed E-state index contributed by atoms with van der Waals surface area (Å²) in [5.41, 5.74) is 2.26. The Bertz CT molecular complexity index is 404. The van der Waals surface area contributed by atoms with Gasteiger partial charge in [-0.25, -0.2) is 4.98 Å². The second-order valence-corrected chi connectivity index (χ2v) is 6.27. The number of nitrogens with one attached hydrogen (secondary N) is 1. The molecule has 3 nitrogen and oxygen atoms in total. The van der Waals surface area contributed by atoms with Gasteiger partial charge in [-0.3, -0.25) is 0 Å². The number of hydrogen-bond acceptors (Lipinski definition) is 3. The molecule has 1 aromatic rings. The van der Waals surface area contributed by atoms with Crippen molar-refractivity contribution >= 4 is 0 Å². The van der Waals surface area contributed by atoms with Gasteiger partial charge < -0.3 is 10.1 Å². The van der Waals surface area contributed by atoms with Crippen LogP contribution in [0.1, 0.15) is 71.1 Å². The minimum absolute atomic E-state index is 0.238. The average Bonchev–Trinajstić information content (AvgIpc) is 2.41. The Morgan fingerprint density at radius 1 is 1.14 bits per heavy atom. The molecule has 0 saturated heterocycles. The number of ether oxygens (including phenoxy) is 1. The topological polar surface area (TPSA) is 34.1 Å². The van der Waals surface area contributed by atoms with Crippen molar-refractivity contribution in [2.75, 3.05) is 0 Å².